The number of benzene rings is 1. The van der Waals surface area contributed by atoms with E-state index in [2.05, 4.69) is 51.7 Å². The molecule has 0 aliphatic rings. The molecular formula is C18H24N4O. The van der Waals surface area contributed by atoms with E-state index in [0.29, 0.717) is 12.2 Å². The number of hydrogen-bond acceptors (Lipinski definition) is 3. The summed E-state index contributed by atoms with van der Waals surface area (Å²) < 4.78 is 0. The summed E-state index contributed by atoms with van der Waals surface area (Å²) in [5.74, 6) is 0. The van der Waals surface area contributed by atoms with Crippen LogP contribution < -0.4 is 10.6 Å². The lowest BCUT2D eigenvalue weighted by Gasteiger charge is -2.25. The van der Waals surface area contributed by atoms with Gasteiger partial charge in [0.2, 0.25) is 0 Å². The number of anilines is 1. The second-order valence-electron chi connectivity index (χ2n) is 5.65. The highest BCUT2D eigenvalue weighted by Crippen LogP contribution is 2.18. The average Bonchev–Trinajstić information content (AvgIpc) is 2.56. The number of rotatable bonds is 6. The van der Waals surface area contributed by atoms with Crippen molar-refractivity contribution in [1.82, 2.24) is 15.2 Å². The van der Waals surface area contributed by atoms with Crippen molar-refractivity contribution in [1.29, 1.82) is 0 Å². The molecule has 0 fully saturated rings. The maximum Gasteiger partial charge on any atom is 0.319 e. The molecule has 5 heteroatoms. The third-order valence-electron chi connectivity index (χ3n) is 3.77. The van der Waals surface area contributed by atoms with Crippen LogP contribution in [0.5, 0.6) is 0 Å². The number of nitrogens with one attached hydrogen (secondary N) is 2. The maximum atomic E-state index is 12.0. The Kier molecular flexibility index (Phi) is 6.11. The Balaban J connectivity index is 1.95. The van der Waals surface area contributed by atoms with Crippen molar-refractivity contribution in [3.8, 4) is 0 Å². The highest BCUT2D eigenvalue weighted by Gasteiger charge is 2.15. The first kappa shape index (κ1) is 17.0. The van der Waals surface area contributed by atoms with Crippen LogP contribution in [0.3, 0.4) is 0 Å². The minimum atomic E-state index is -0.227. The number of amides is 2. The number of nitrogens with zero attached hydrogens (tertiary/aromatic N) is 2. The lowest BCUT2D eigenvalue weighted by atomic mass is 10.0. The number of carbonyl (C=O) groups excluding carboxylic acids is 1. The smallest absolute Gasteiger partial charge is 0.319 e. The van der Waals surface area contributed by atoms with E-state index in [9.17, 15) is 4.79 Å². The van der Waals surface area contributed by atoms with Gasteiger partial charge in [-0.2, -0.15) is 0 Å². The van der Waals surface area contributed by atoms with Crippen molar-refractivity contribution in [2.75, 3.05) is 26.0 Å². The summed E-state index contributed by atoms with van der Waals surface area (Å²) in [6.07, 6.45) is 4.32. The van der Waals surface area contributed by atoms with Gasteiger partial charge in [0.25, 0.3) is 0 Å². The molecule has 0 radical (unpaired) electrons. The van der Waals surface area contributed by atoms with E-state index < -0.39 is 0 Å². The molecule has 1 atom stereocenters. The van der Waals surface area contributed by atoms with Gasteiger partial charge >= 0.3 is 6.03 Å². The molecular weight excluding hydrogens is 288 g/mol. The molecule has 0 saturated heterocycles. The molecule has 1 aromatic heterocycles. The number of carbonyl (C=O) groups is 1. The van der Waals surface area contributed by atoms with Crippen molar-refractivity contribution < 1.29 is 4.79 Å². The van der Waals surface area contributed by atoms with Crippen LogP contribution >= 0.6 is 0 Å². The SMILES string of the molecule is CCc1ccc(C(CNC(=O)Nc2cccnc2)N(C)C)cc1. The maximum absolute atomic E-state index is 12.0. The van der Waals surface area contributed by atoms with E-state index in [1.807, 2.05) is 14.1 Å². The standard InChI is InChI=1S/C18H24N4O/c1-4-14-7-9-15(10-8-14)17(22(2)3)13-20-18(23)21-16-6-5-11-19-12-16/h5-12,17H,4,13H2,1-3H3,(H2,20,21,23). The van der Waals surface area contributed by atoms with Gasteiger partial charge in [-0.05, 0) is 43.8 Å². The summed E-state index contributed by atoms with van der Waals surface area (Å²) in [7, 11) is 4.03. The molecule has 0 aliphatic carbocycles. The first-order chi connectivity index (χ1) is 11.1. The second-order valence-corrected chi connectivity index (χ2v) is 5.65. The van der Waals surface area contributed by atoms with Crippen molar-refractivity contribution in [2.45, 2.75) is 19.4 Å². The molecule has 0 bridgehead atoms. The van der Waals surface area contributed by atoms with E-state index in [1.165, 1.54) is 11.1 Å². The molecule has 0 aliphatic heterocycles. The fourth-order valence-corrected chi connectivity index (χ4v) is 2.38. The molecule has 2 amide bonds. The van der Waals surface area contributed by atoms with Gasteiger partial charge in [-0.25, -0.2) is 4.79 Å². The summed E-state index contributed by atoms with van der Waals surface area (Å²) in [5, 5.41) is 5.70. The van der Waals surface area contributed by atoms with Crippen LogP contribution in [0.15, 0.2) is 48.8 Å². The molecule has 122 valence electrons. The second kappa shape index (κ2) is 8.29. The summed E-state index contributed by atoms with van der Waals surface area (Å²) in [6.45, 7) is 2.67. The van der Waals surface area contributed by atoms with Gasteiger partial charge in [-0.3, -0.25) is 4.98 Å². The molecule has 23 heavy (non-hydrogen) atoms. The molecule has 1 unspecified atom stereocenters. The Morgan fingerprint density at radius 3 is 2.52 bits per heavy atom. The predicted octanol–water partition coefficient (Wildman–Crippen LogP) is 3.07. The van der Waals surface area contributed by atoms with Gasteiger partial charge in [0.05, 0.1) is 17.9 Å². The number of pyridine rings is 1. The Morgan fingerprint density at radius 1 is 1.22 bits per heavy atom. The normalized spacial score (nSPS) is 12.0. The van der Waals surface area contributed by atoms with E-state index in [4.69, 9.17) is 0 Å². The minimum absolute atomic E-state index is 0.126. The van der Waals surface area contributed by atoms with E-state index in [-0.39, 0.29) is 12.1 Å². The highest BCUT2D eigenvalue weighted by molar-refractivity contribution is 5.88. The largest absolute Gasteiger partial charge is 0.336 e. The van der Waals surface area contributed by atoms with Crippen LogP contribution in [0.2, 0.25) is 0 Å². The van der Waals surface area contributed by atoms with Crippen molar-refractivity contribution in [2.24, 2.45) is 0 Å². The summed E-state index contributed by atoms with van der Waals surface area (Å²) in [4.78, 5) is 18.1. The Hall–Kier alpha value is -2.40. The number of aromatic nitrogens is 1. The zero-order valence-electron chi connectivity index (χ0n) is 13.9. The summed E-state index contributed by atoms with van der Waals surface area (Å²) >= 11 is 0. The minimum Gasteiger partial charge on any atom is -0.336 e. The first-order valence-electron chi connectivity index (χ1n) is 7.80. The van der Waals surface area contributed by atoms with Gasteiger partial charge in [0.15, 0.2) is 0 Å². The van der Waals surface area contributed by atoms with Crippen molar-refractivity contribution in [3.05, 3.63) is 59.9 Å². The Labute approximate surface area is 137 Å². The number of hydrogen-bond donors (Lipinski definition) is 2. The van der Waals surface area contributed by atoms with Crippen molar-refractivity contribution in [3.63, 3.8) is 0 Å². The van der Waals surface area contributed by atoms with Crippen LogP contribution in [-0.4, -0.2) is 36.6 Å². The number of aryl methyl sites for hydroxylation is 1. The lowest BCUT2D eigenvalue weighted by molar-refractivity contribution is 0.243. The van der Waals surface area contributed by atoms with Gasteiger partial charge in [-0.1, -0.05) is 31.2 Å². The van der Waals surface area contributed by atoms with Gasteiger partial charge in [0.1, 0.15) is 0 Å². The Morgan fingerprint density at radius 2 is 1.96 bits per heavy atom. The van der Waals surface area contributed by atoms with Crippen LogP contribution in [0.4, 0.5) is 10.5 Å². The first-order valence-corrected chi connectivity index (χ1v) is 7.80. The molecule has 0 saturated carbocycles. The van der Waals surface area contributed by atoms with Crippen LogP contribution in [0, 0.1) is 0 Å². The molecule has 2 N–H and O–H groups in total. The molecule has 0 spiro atoms. The van der Waals surface area contributed by atoms with E-state index in [1.54, 1.807) is 24.5 Å². The quantitative estimate of drug-likeness (QED) is 0.862. The van der Waals surface area contributed by atoms with Crippen LogP contribution in [-0.2, 0) is 6.42 Å². The van der Waals surface area contributed by atoms with Gasteiger partial charge in [-0.15, -0.1) is 0 Å². The fourth-order valence-electron chi connectivity index (χ4n) is 2.38. The monoisotopic (exact) mass is 312 g/mol. The summed E-state index contributed by atoms with van der Waals surface area (Å²) in [5.41, 5.74) is 3.18. The Bertz CT molecular complexity index is 611. The highest BCUT2D eigenvalue weighted by atomic mass is 16.2. The zero-order chi connectivity index (χ0) is 16.7. The van der Waals surface area contributed by atoms with E-state index >= 15 is 0 Å². The summed E-state index contributed by atoms with van der Waals surface area (Å²) in [6, 6.07) is 12.0. The van der Waals surface area contributed by atoms with Crippen LogP contribution in [0.1, 0.15) is 24.1 Å². The number of likely N-dealkylation sites (N-methyl/N-ethyl adjacent to an activating group) is 1. The average molecular weight is 312 g/mol. The molecule has 2 aromatic rings. The third-order valence-corrected chi connectivity index (χ3v) is 3.77. The fraction of sp³-hybridized carbons (Fsp3) is 0.333. The zero-order valence-corrected chi connectivity index (χ0v) is 13.9. The predicted molar refractivity (Wildman–Crippen MR) is 93.5 cm³/mol. The molecule has 1 aromatic carbocycles. The third kappa shape index (κ3) is 5.07. The molecule has 2 rings (SSSR count). The molecule has 5 nitrogen and oxygen atoms in total. The van der Waals surface area contributed by atoms with Gasteiger partial charge in [0, 0.05) is 12.7 Å². The van der Waals surface area contributed by atoms with Crippen LogP contribution in [0.25, 0.3) is 0 Å². The number of urea groups is 1. The van der Waals surface area contributed by atoms with Crippen molar-refractivity contribution >= 4 is 11.7 Å². The topological polar surface area (TPSA) is 57.3 Å². The van der Waals surface area contributed by atoms with Gasteiger partial charge < -0.3 is 15.5 Å². The van der Waals surface area contributed by atoms with E-state index in [0.717, 1.165) is 6.42 Å². The lowest BCUT2D eigenvalue weighted by Crippen LogP contribution is -2.36. The molecule has 1 heterocycles.